The summed E-state index contributed by atoms with van der Waals surface area (Å²) in [5, 5.41) is 2.81. The fourth-order valence-corrected chi connectivity index (χ4v) is 3.63. The number of aromatic nitrogens is 2. The van der Waals surface area contributed by atoms with Gasteiger partial charge in [-0.2, -0.15) is 13.2 Å². The molecule has 1 N–H and O–H groups in total. The van der Waals surface area contributed by atoms with Crippen LogP contribution in [0.3, 0.4) is 0 Å². The molecule has 3 fully saturated rings. The van der Waals surface area contributed by atoms with Gasteiger partial charge in [0.05, 0.1) is 19.4 Å². The summed E-state index contributed by atoms with van der Waals surface area (Å²) in [7, 11) is 0. The number of halogens is 3. The molecule has 5 heterocycles. The second kappa shape index (κ2) is 6.84. The lowest BCUT2D eigenvalue weighted by atomic mass is 9.87. The Kier molecular flexibility index (Phi) is 4.50. The highest BCUT2D eigenvalue weighted by Crippen LogP contribution is 2.35. The molecule has 0 saturated carbocycles. The van der Waals surface area contributed by atoms with E-state index in [9.17, 15) is 18.0 Å². The highest BCUT2D eigenvalue weighted by atomic mass is 19.4. The summed E-state index contributed by atoms with van der Waals surface area (Å²) in [6.07, 6.45) is -1.07. The zero-order chi connectivity index (χ0) is 19.0. The third-order valence-electron chi connectivity index (χ3n) is 4.98. The second-order valence-corrected chi connectivity index (χ2v) is 6.74. The van der Waals surface area contributed by atoms with Gasteiger partial charge in [-0.25, -0.2) is 9.97 Å². The molecule has 3 aliphatic heterocycles. The van der Waals surface area contributed by atoms with E-state index >= 15 is 0 Å². The van der Waals surface area contributed by atoms with Gasteiger partial charge in [-0.15, -0.1) is 0 Å². The smallest absolute Gasteiger partial charge is 0.433 e. The first-order valence-corrected chi connectivity index (χ1v) is 8.59. The third-order valence-corrected chi connectivity index (χ3v) is 4.98. The molecule has 2 bridgehead atoms. The van der Waals surface area contributed by atoms with E-state index in [0.29, 0.717) is 25.4 Å². The monoisotopic (exact) mass is 381 g/mol. The Balaban J connectivity index is 1.32. The molecule has 1 amide bonds. The molecule has 7 nitrogen and oxygen atoms in total. The van der Waals surface area contributed by atoms with Crippen molar-refractivity contribution in [1.82, 2.24) is 20.2 Å². The van der Waals surface area contributed by atoms with Crippen LogP contribution in [-0.2, 0) is 17.5 Å². The van der Waals surface area contributed by atoms with E-state index in [2.05, 4.69) is 20.2 Å². The number of hydrogen-bond donors (Lipinski definition) is 1. The van der Waals surface area contributed by atoms with Crippen molar-refractivity contribution in [3.63, 3.8) is 0 Å². The number of carbonyl (C=O) groups excluding carboxylic acids is 1. The molecule has 0 spiro atoms. The van der Waals surface area contributed by atoms with Crippen LogP contribution in [0.15, 0.2) is 35.2 Å². The average molecular weight is 381 g/mol. The fourth-order valence-electron chi connectivity index (χ4n) is 3.63. The van der Waals surface area contributed by atoms with Gasteiger partial charge in [0.1, 0.15) is 23.6 Å². The van der Waals surface area contributed by atoms with E-state index in [1.54, 1.807) is 18.4 Å². The lowest BCUT2D eigenvalue weighted by molar-refractivity contribution is -0.141. The molecule has 5 rings (SSSR count). The van der Waals surface area contributed by atoms with Gasteiger partial charge in [0, 0.05) is 31.2 Å². The Hall–Kier alpha value is -2.62. The Morgan fingerprint density at radius 1 is 1.30 bits per heavy atom. The van der Waals surface area contributed by atoms with Crippen molar-refractivity contribution in [1.29, 1.82) is 0 Å². The van der Waals surface area contributed by atoms with Gasteiger partial charge >= 0.3 is 6.18 Å². The molecule has 2 atom stereocenters. The normalized spacial score (nSPS) is 22.4. The minimum atomic E-state index is -4.49. The van der Waals surface area contributed by atoms with Crippen LogP contribution in [0, 0.1) is 0 Å². The van der Waals surface area contributed by atoms with E-state index < -0.39 is 11.9 Å². The van der Waals surface area contributed by atoms with E-state index in [-0.39, 0.29) is 30.4 Å². The second-order valence-electron chi connectivity index (χ2n) is 6.74. The summed E-state index contributed by atoms with van der Waals surface area (Å²) in [4.78, 5) is 23.3. The van der Waals surface area contributed by atoms with Crippen molar-refractivity contribution >= 4 is 11.7 Å². The topological polar surface area (TPSA) is 74.5 Å². The van der Waals surface area contributed by atoms with Crippen LogP contribution < -0.4 is 10.2 Å². The predicted octanol–water partition coefficient (Wildman–Crippen LogP) is 1.67. The van der Waals surface area contributed by atoms with Crippen molar-refractivity contribution in [2.24, 2.45) is 0 Å². The lowest BCUT2D eigenvalue weighted by Crippen LogP contribution is -2.70. The number of amides is 1. The van der Waals surface area contributed by atoms with Crippen molar-refractivity contribution < 1.29 is 22.4 Å². The third kappa shape index (κ3) is 3.75. The molecule has 2 unspecified atom stereocenters. The van der Waals surface area contributed by atoms with Crippen molar-refractivity contribution in [2.45, 2.75) is 31.2 Å². The van der Waals surface area contributed by atoms with Crippen LogP contribution in [0.5, 0.6) is 0 Å². The van der Waals surface area contributed by atoms with Crippen LogP contribution in [0.2, 0.25) is 0 Å². The predicted molar refractivity (Wildman–Crippen MR) is 88.7 cm³/mol. The molecular formula is C17H18F3N5O2. The number of furan rings is 1. The van der Waals surface area contributed by atoms with Gasteiger partial charge in [0.2, 0.25) is 5.91 Å². The molecule has 3 saturated heterocycles. The Morgan fingerprint density at radius 3 is 2.74 bits per heavy atom. The minimum Gasteiger partial charge on any atom is -0.467 e. The van der Waals surface area contributed by atoms with Crippen LogP contribution >= 0.6 is 0 Å². The highest BCUT2D eigenvalue weighted by Gasteiger charge is 2.45. The van der Waals surface area contributed by atoms with E-state index in [1.807, 2.05) is 4.90 Å². The molecule has 27 heavy (non-hydrogen) atoms. The SMILES string of the molecule is O=C(CN1C2CC1CN(c1cc(C(F)(F)F)ncn1)C2)NCc1ccco1. The number of hydrogen-bond acceptors (Lipinski definition) is 6. The first-order chi connectivity index (χ1) is 12.9. The molecule has 0 radical (unpaired) electrons. The fraction of sp³-hybridized carbons (Fsp3) is 0.471. The Morgan fingerprint density at radius 2 is 2.07 bits per heavy atom. The van der Waals surface area contributed by atoms with Gasteiger partial charge in [-0.05, 0) is 18.6 Å². The zero-order valence-electron chi connectivity index (χ0n) is 14.3. The first-order valence-electron chi connectivity index (χ1n) is 8.59. The van der Waals surface area contributed by atoms with Crippen molar-refractivity contribution in [3.8, 4) is 0 Å². The number of fused-ring (bicyclic) bond motifs is 2. The minimum absolute atomic E-state index is 0.101. The van der Waals surface area contributed by atoms with Gasteiger partial charge in [-0.1, -0.05) is 0 Å². The van der Waals surface area contributed by atoms with Crippen molar-refractivity contribution in [2.75, 3.05) is 24.5 Å². The summed E-state index contributed by atoms with van der Waals surface area (Å²) in [5.74, 6) is 0.854. The molecule has 2 aromatic rings. The van der Waals surface area contributed by atoms with Gasteiger partial charge in [0.15, 0.2) is 0 Å². The van der Waals surface area contributed by atoms with E-state index in [1.165, 1.54) is 0 Å². The number of nitrogens with one attached hydrogen (secondary N) is 1. The van der Waals surface area contributed by atoms with E-state index in [4.69, 9.17) is 4.42 Å². The highest BCUT2D eigenvalue weighted by molar-refractivity contribution is 5.78. The molecule has 3 aliphatic rings. The molecular weight excluding hydrogens is 363 g/mol. The number of nitrogens with zero attached hydrogens (tertiary/aromatic N) is 4. The summed E-state index contributed by atoms with van der Waals surface area (Å²) in [6.45, 7) is 1.68. The summed E-state index contributed by atoms with van der Waals surface area (Å²) < 4.78 is 43.7. The van der Waals surface area contributed by atoms with Crippen molar-refractivity contribution in [3.05, 3.63) is 42.2 Å². The van der Waals surface area contributed by atoms with Crippen LogP contribution in [0.4, 0.5) is 19.0 Å². The number of piperazine rings is 1. The van der Waals surface area contributed by atoms with Crippen LogP contribution in [-0.4, -0.2) is 52.5 Å². The number of alkyl halides is 3. The van der Waals surface area contributed by atoms with Crippen LogP contribution in [0.25, 0.3) is 0 Å². The summed E-state index contributed by atoms with van der Waals surface area (Å²) in [6, 6.07) is 4.77. The number of piperidine rings is 1. The maximum atomic E-state index is 12.8. The zero-order valence-corrected chi connectivity index (χ0v) is 14.3. The van der Waals surface area contributed by atoms with Gasteiger partial charge in [-0.3, -0.25) is 9.69 Å². The lowest BCUT2D eigenvalue weighted by Gasteiger charge is -2.56. The van der Waals surface area contributed by atoms with Gasteiger partial charge in [0.25, 0.3) is 0 Å². The van der Waals surface area contributed by atoms with E-state index in [0.717, 1.165) is 18.8 Å². The molecule has 0 aliphatic carbocycles. The Bertz CT molecular complexity index is 799. The van der Waals surface area contributed by atoms with Gasteiger partial charge < -0.3 is 14.6 Å². The molecule has 144 valence electrons. The average Bonchev–Trinajstić information content (AvgIpc) is 3.17. The quantitative estimate of drug-likeness (QED) is 0.849. The summed E-state index contributed by atoms with van der Waals surface area (Å²) in [5.41, 5.74) is -0.944. The Labute approximate surface area is 153 Å². The summed E-state index contributed by atoms with van der Waals surface area (Å²) >= 11 is 0. The molecule has 10 heteroatoms. The standard InChI is InChI=1S/C17H18F3N5O2/c18-17(19,20)14-5-15(23-10-22-14)24-7-11-4-12(8-24)25(11)9-16(26)21-6-13-2-1-3-27-13/h1-3,5,10-12H,4,6-9H2,(H,21,26). The number of carbonyl (C=O) groups is 1. The molecule has 0 aromatic carbocycles. The van der Waals surface area contributed by atoms with Crippen LogP contribution in [0.1, 0.15) is 17.9 Å². The molecule has 2 aromatic heterocycles. The number of anilines is 1. The maximum Gasteiger partial charge on any atom is 0.433 e. The largest absolute Gasteiger partial charge is 0.467 e. The first kappa shape index (κ1) is 17.8. The number of rotatable bonds is 5. The maximum absolute atomic E-state index is 12.8.